The first-order chi connectivity index (χ1) is 8.13. The molecule has 0 aliphatic carbocycles. The molecule has 0 amide bonds. The van der Waals surface area contributed by atoms with Crippen LogP contribution < -0.4 is 15.4 Å². The fourth-order valence-corrected chi connectivity index (χ4v) is 2.36. The summed E-state index contributed by atoms with van der Waals surface area (Å²) in [5.41, 5.74) is 0. The van der Waals surface area contributed by atoms with Crippen LogP contribution in [0.25, 0.3) is 0 Å². The van der Waals surface area contributed by atoms with Crippen molar-refractivity contribution < 1.29 is 4.74 Å². The van der Waals surface area contributed by atoms with E-state index in [9.17, 15) is 0 Å². The standard InChI is InChI=1S/C13H24N2OS/c1-10(2)7-14-8-11(3)15-9-13-12(16-4)5-6-17-13/h5-6,10-11,14-15H,7-9H2,1-4H3. The van der Waals surface area contributed by atoms with Gasteiger partial charge in [-0.25, -0.2) is 0 Å². The normalized spacial score (nSPS) is 13.0. The second kappa shape index (κ2) is 7.69. The molecule has 0 radical (unpaired) electrons. The quantitative estimate of drug-likeness (QED) is 0.749. The molecule has 1 heterocycles. The molecule has 0 aliphatic rings. The van der Waals surface area contributed by atoms with Crippen molar-refractivity contribution in [3.8, 4) is 5.75 Å². The van der Waals surface area contributed by atoms with E-state index in [-0.39, 0.29) is 0 Å². The van der Waals surface area contributed by atoms with Gasteiger partial charge in [0, 0.05) is 19.1 Å². The third-order valence-corrected chi connectivity index (χ3v) is 3.44. The van der Waals surface area contributed by atoms with E-state index >= 15 is 0 Å². The Bertz CT molecular complexity index is 312. The Labute approximate surface area is 109 Å². The number of methoxy groups -OCH3 is 1. The van der Waals surface area contributed by atoms with Crippen LogP contribution in [0.15, 0.2) is 11.4 Å². The molecule has 1 aromatic heterocycles. The highest BCUT2D eigenvalue weighted by molar-refractivity contribution is 7.10. The maximum absolute atomic E-state index is 5.29. The molecule has 1 atom stereocenters. The number of ether oxygens (including phenoxy) is 1. The third-order valence-electron chi connectivity index (χ3n) is 2.54. The Morgan fingerprint density at radius 3 is 2.71 bits per heavy atom. The van der Waals surface area contributed by atoms with Gasteiger partial charge in [-0.3, -0.25) is 0 Å². The van der Waals surface area contributed by atoms with E-state index in [1.807, 2.05) is 6.07 Å². The number of nitrogens with one attached hydrogen (secondary N) is 2. The molecule has 0 bridgehead atoms. The lowest BCUT2D eigenvalue weighted by Gasteiger charge is -2.15. The lowest BCUT2D eigenvalue weighted by molar-refractivity contribution is 0.407. The van der Waals surface area contributed by atoms with Gasteiger partial charge in [0.05, 0.1) is 12.0 Å². The van der Waals surface area contributed by atoms with E-state index in [0.29, 0.717) is 12.0 Å². The number of hydrogen-bond acceptors (Lipinski definition) is 4. The molecule has 0 spiro atoms. The molecule has 0 aliphatic heterocycles. The zero-order valence-corrected chi connectivity index (χ0v) is 12.1. The summed E-state index contributed by atoms with van der Waals surface area (Å²) in [7, 11) is 1.72. The molecule has 1 unspecified atom stereocenters. The lowest BCUT2D eigenvalue weighted by Crippen LogP contribution is -2.37. The van der Waals surface area contributed by atoms with Gasteiger partial charge < -0.3 is 15.4 Å². The van der Waals surface area contributed by atoms with Crippen LogP contribution in [-0.4, -0.2) is 26.2 Å². The first-order valence-corrected chi connectivity index (χ1v) is 7.06. The predicted octanol–water partition coefficient (Wildman–Crippen LogP) is 2.48. The van der Waals surface area contributed by atoms with Gasteiger partial charge in [0.25, 0.3) is 0 Å². The average Bonchev–Trinajstić information content (AvgIpc) is 2.73. The molecule has 0 saturated heterocycles. The summed E-state index contributed by atoms with van der Waals surface area (Å²) in [6, 6.07) is 2.49. The average molecular weight is 256 g/mol. The van der Waals surface area contributed by atoms with Crippen molar-refractivity contribution in [2.24, 2.45) is 5.92 Å². The maximum atomic E-state index is 5.29. The summed E-state index contributed by atoms with van der Waals surface area (Å²) < 4.78 is 5.29. The molecule has 1 aromatic rings. The predicted molar refractivity (Wildman–Crippen MR) is 74.9 cm³/mol. The molecule has 0 saturated carbocycles. The summed E-state index contributed by atoms with van der Waals surface area (Å²) in [4.78, 5) is 1.27. The molecule has 4 heteroatoms. The van der Waals surface area contributed by atoms with Crippen molar-refractivity contribution in [3.63, 3.8) is 0 Å². The smallest absolute Gasteiger partial charge is 0.134 e. The van der Waals surface area contributed by atoms with Crippen molar-refractivity contribution in [1.29, 1.82) is 0 Å². The van der Waals surface area contributed by atoms with Crippen LogP contribution >= 0.6 is 11.3 Å². The van der Waals surface area contributed by atoms with Gasteiger partial charge in [-0.1, -0.05) is 13.8 Å². The first-order valence-electron chi connectivity index (χ1n) is 6.18. The van der Waals surface area contributed by atoms with Gasteiger partial charge in [-0.2, -0.15) is 0 Å². The van der Waals surface area contributed by atoms with Crippen molar-refractivity contribution >= 4 is 11.3 Å². The van der Waals surface area contributed by atoms with Crippen molar-refractivity contribution in [2.45, 2.75) is 33.4 Å². The molecule has 3 nitrogen and oxygen atoms in total. The third kappa shape index (κ3) is 5.52. The van der Waals surface area contributed by atoms with Gasteiger partial charge >= 0.3 is 0 Å². The van der Waals surface area contributed by atoms with Gasteiger partial charge in [-0.15, -0.1) is 11.3 Å². The Balaban J connectivity index is 2.21. The van der Waals surface area contributed by atoms with Gasteiger partial charge in [0.1, 0.15) is 5.75 Å². The van der Waals surface area contributed by atoms with Crippen LogP contribution in [0.5, 0.6) is 5.75 Å². The number of rotatable bonds is 8. The van der Waals surface area contributed by atoms with Crippen LogP contribution in [-0.2, 0) is 6.54 Å². The summed E-state index contributed by atoms with van der Waals surface area (Å²) in [5.74, 6) is 1.70. The summed E-state index contributed by atoms with van der Waals surface area (Å²) in [6.07, 6.45) is 0. The van der Waals surface area contributed by atoms with E-state index < -0.39 is 0 Å². The minimum Gasteiger partial charge on any atom is -0.496 e. The zero-order valence-electron chi connectivity index (χ0n) is 11.2. The van der Waals surface area contributed by atoms with Crippen molar-refractivity contribution in [1.82, 2.24) is 10.6 Å². The van der Waals surface area contributed by atoms with Crippen molar-refractivity contribution in [3.05, 3.63) is 16.3 Å². The van der Waals surface area contributed by atoms with E-state index in [1.54, 1.807) is 18.4 Å². The fraction of sp³-hybridized carbons (Fsp3) is 0.692. The Hall–Kier alpha value is -0.580. The monoisotopic (exact) mass is 256 g/mol. The van der Waals surface area contributed by atoms with Crippen LogP contribution in [0, 0.1) is 5.92 Å². The largest absolute Gasteiger partial charge is 0.496 e. The van der Waals surface area contributed by atoms with Crippen LogP contribution in [0.3, 0.4) is 0 Å². The summed E-state index contributed by atoms with van der Waals surface area (Å²) >= 11 is 1.74. The minimum atomic E-state index is 0.473. The topological polar surface area (TPSA) is 33.3 Å². The molecule has 0 fully saturated rings. The molecular formula is C13H24N2OS. The SMILES string of the molecule is COc1ccsc1CNC(C)CNCC(C)C. The van der Waals surface area contributed by atoms with Gasteiger partial charge in [0.15, 0.2) is 0 Å². The molecular weight excluding hydrogens is 232 g/mol. The van der Waals surface area contributed by atoms with Crippen molar-refractivity contribution in [2.75, 3.05) is 20.2 Å². The number of hydrogen-bond donors (Lipinski definition) is 2. The highest BCUT2D eigenvalue weighted by Gasteiger charge is 2.06. The molecule has 17 heavy (non-hydrogen) atoms. The fourth-order valence-electron chi connectivity index (χ4n) is 1.57. The Morgan fingerprint density at radius 2 is 2.06 bits per heavy atom. The summed E-state index contributed by atoms with van der Waals surface area (Å²) in [5, 5.41) is 9.02. The lowest BCUT2D eigenvalue weighted by atomic mass is 10.2. The van der Waals surface area contributed by atoms with E-state index in [1.165, 1.54) is 4.88 Å². The number of thiophene rings is 1. The molecule has 0 aromatic carbocycles. The molecule has 98 valence electrons. The van der Waals surface area contributed by atoms with E-state index in [0.717, 1.165) is 25.4 Å². The maximum Gasteiger partial charge on any atom is 0.134 e. The van der Waals surface area contributed by atoms with Crippen LogP contribution in [0.2, 0.25) is 0 Å². The van der Waals surface area contributed by atoms with E-state index in [2.05, 4.69) is 36.8 Å². The minimum absolute atomic E-state index is 0.473. The highest BCUT2D eigenvalue weighted by atomic mass is 32.1. The summed E-state index contributed by atoms with van der Waals surface area (Å²) in [6.45, 7) is 9.61. The van der Waals surface area contributed by atoms with Gasteiger partial charge in [0.2, 0.25) is 0 Å². The Morgan fingerprint density at radius 1 is 1.29 bits per heavy atom. The van der Waals surface area contributed by atoms with E-state index in [4.69, 9.17) is 4.74 Å². The van der Waals surface area contributed by atoms with Gasteiger partial charge in [-0.05, 0) is 30.8 Å². The highest BCUT2D eigenvalue weighted by Crippen LogP contribution is 2.23. The van der Waals surface area contributed by atoms with Crippen LogP contribution in [0.4, 0.5) is 0 Å². The van der Waals surface area contributed by atoms with Crippen LogP contribution in [0.1, 0.15) is 25.6 Å². The zero-order chi connectivity index (χ0) is 12.7. The Kier molecular flexibility index (Phi) is 6.55. The molecule has 2 N–H and O–H groups in total. The molecule has 1 rings (SSSR count). The second-order valence-electron chi connectivity index (χ2n) is 4.75. The first kappa shape index (κ1) is 14.5. The second-order valence-corrected chi connectivity index (χ2v) is 5.75.